The summed E-state index contributed by atoms with van der Waals surface area (Å²) in [7, 11) is 1.66. The normalized spacial score (nSPS) is 13.8. The summed E-state index contributed by atoms with van der Waals surface area (Å²) in [5, 5.41) is 4.64. The maximum Gasteiger partial charge on any atom is 0.263 e. The highest BCUT2D eigenvalue weighted by Crippen LogP contribution is 2.26. The number of nitrogens with zero attached hydrogens (tertiary/aromatic N) is 2. The van der Waals surface area contributed by atoms with Crippen LogP contribution in [-0.2, 0) is 19.5 Å². The van der Waals surface area contributed by atoms with Crippen LogP contribution in [0.25, 0.3) is 0 Å². The summed E-state index contributed by atoms with van der Waals surface area (Å²) >= 11 is 1.23. The molecular formula is C21H19F2N3O2S. The summed E-state index contributed by atoms with van der Waals surface area (Å²) in [6.07, 6.45) is 0.923. The Morgan fingerprint density at radius 3 is 2.79 bits per heavy atom. The lowest BCUT2D eigenvalue weighted by Gasteiger charge is -2.28. The van der Waals surface area contributed by atoms with E-state index in [0.29, 0.717) is 11.7 Å². The first-order chi connectivity index (χ1) is 14.0. The number of thiazole rings is 1. The standard InChI is InChI=1S/C21H19F2N3O2S/c1-28-16-6-5-14-10-26(8-7-13(14)9-16)11-15-12-29-21(24-15)25-20(27)19-17(22)3-2-4-18(19)23/h2-6,9,12H,7-8,10-11H2,1H3,(H,24,25,27). The molecule has 0 saturated heterocycles. The molecule has 0 bridgehead atoms. The minimum Gasteiger partial charge on any atom is -0.497 e. The number of halogens is 2. The van der Waals surface area contributed by atoms with Gasteiger partial charge in [0.2, 0.25) is 0 Å². The van der Waals surface area contributed by atoms with E-state index in [2.05, 4.69) is 27.3 Å². The highest BCUT2D eigenvalue weighted by Gasteiger charge is 2.20. The van der Waals surface area contributed by atoms with E-state index in [9.17, 15) is 13.6 Å². The van der Waals surface area contributed by atoms with E-state index in [0.717, 1.165) is 43.1 Å². The number of benzene rings is 2. The Bertz CT molecular complexity index is 1030. The third kappa shape index (κ3) is 4.28. The van der Waals surface area contributed by atoms with E-state index in [-0.39, 0.29) is 0 Å². The molecular weight excluding hydrogens is 396 g/mol. The zero-order chi connectivity index (χ0) is 20.4. The van der Waals surface area contributed by atoms with Gasteiger partial charge in [0.1, 0.15) is 22.9 Å². The van der Waals surface area contributed by atoms with E-state index in [4.69, 9.17) is 4.74 Å². The maximum atomic E-state index is 13.8. The van der Waals surface area contributed by atoms with Crippen LogP contribution in [0.5, 0.6) is 5.75 Å². The van der Waals surface area contributed by atoms with E-state index >= 15 is 0 Å². The summed E-state index contributed by atoms with van der Waals surface area (Å²) in [6, 6.07) is 9.43. The van der Waals surface area contributed by atoms with Crippen molar-refractivity contribution in [1.29, 1.82) is 0 Å². The smallest absolute Gasteiger partial charge is 0.263 e. The number of carbonyl (C=O) groups is 1. The number of methoxy groups -OCH3 is 1. The minimum atomic E-state index is -0.900. The zero-order valence-corrected chi connectivity index (χ0v) is 16.6. The first-order valence-electron chi connectivity index (χ1n) is 9.11. The molecule has 1 aliphatic rings. The van der Waals surface area contributed by atoms with Gasteiger partial charge in [0.15, 0.2) is 5.13 Å². The molecule has 4 rings (SSSR count). The van der Waals surface area contributed by atoms with Crippen molar-refractivity contribution in [3.8, 4) is 5.75 Å². The van der Waals surface area contributed by atoms with Gasteiger partial charge in [-0.1, -0.05) is 12.1 Å². The average Bonchev–Trinajstić information content (AvgIpc) is 3.14. The van der Waals surface area contributed by atoms with E-state index < -0.39 is 23.1 Å². The van der Waals surface area contributed by atoms with E-state index in [1.54, 1.807) is 7.11 Å². The largest absolute Gasteiger partial charge is 0.497 e. The molecule has 29 heavy (non-hydrogen) atoms. The molecule has 0 spiro atoms. The van der Waals surface area contributed by atoms with Gasteiger partial charge in [-0.2, -0.15) is 0 Å². The molecule has 150 valence electrons. The van der Waals surface area contributed by atoms with Gasteiger partial charge in [0, 0.05) is 25.0 Å². The maximum absolute atomic E-state index is 13.8. The Balaban J connectivity index is 1.40. The zero-order valence-electron chi connectivity index (χ0n) is 15.7. The average molecular weight is 415 g/mol. The number of amides is 1. The fraction of sp³-hybridized carbons (Fsp3) is 0.238. The second-order valence-electron chi connectivity index (χ2n) is 6.79. The van der Waals surface area contributed by atoms with Gasteiger partial charge in [0.25, 0.3) is 5.91 Å². The highest BCUT2D eigenvalue weighted by molar-refractivity contribution is 7.14. The van der Waals surface area contributed by atoms with Gasteiger partial charge in [-0.15, -0.1) is 11.3 Å². The number of nitrogens with one attached hydrogen (secondary N) is 1. The Hall–Kier alpha value is -2.84. The van der Waals surface area contributed by atoms with Crippen molar-refractivity contribution in [2.75, 3.05) is 19.0 Å². The van der Waals surface area contributed by atoms with Crippen LogP contribution in [-0.4, -0.2) is 29.4 Å². The molecule has 1 N–H and O–H groups in total. The molecule has 0 radical (unpaired) electrons. The summed E-state index contributed by atoms with van der Waals surface area (Å²) in [5.41, 5.74) is 2.75. The van der Waals surface area contributed by atoms with Crippen molar-refractivity contribution in [2.24, 2.45) is 0 Å². The number of aromatic nitrogens is 1. The van der Waals surface area contributed by atoms with Crippen LogP contribution < -0.4 is 10.1 Å². The van der Waals surface area contributed by atoms with Crippen molar-refractivity contribution in [3.63, 3.8) is 0 Å². The molecule has 0 fully saturated rings. The molecule has 2 heterocycles. The summed E-state index contributed by atoms with van der Waals surface area (Å²) in [6.45, 7) is 2.32. The Morgan fingerprint density at radius 2 is 2.03 bits per heavy atom. The van der Waals surface area contributed by atoms with Gasteiger partial charge >= 0.3 is 0 Å². The molecule has 1 amide bonds. The Morgan fingerprint density at radius 1 is 1.24 bits per heavy atom. The van der Waals surface area contributed by atoms with Crippen LogP contribution in [0, 0.1) is 11.6 Å². The number of hydrogen-bond acceptors (Lipinski definition) is 5. The second-order valence-corrected chi connectivity index (χ2v) is 7.65. The first-order valence-corrected chi connectivity index (χ1v) is 9.99. The molecule has 0 atom stereocenters. The number of carbonyl (C=O) groups excluding carboxylic acids is 1. The van der Waals surface area contributed by atoms with Gasteiger partial charge in [-0.3, -0.25) is 15.0 Å². The van der Waals surface area contributed by atoms with E-state index in [1.807, 2.05) is 11.4 Å². The number of ether oxygens (including phenoxy) is 1. The second kappa shape index (κ2) is 8.26. The molecule has 1 aromatic heterocycles. The van der Waals surface area contributed by atoms with Gasteiger partial charge < -0.3 is 4.74 Å². The summed E-state index contributed by atoms with van der Waals surface area (Å²) < 4.78 is 32.8. The highest BCUT2D eigenvalue weighted by atomic mass is 32.1. The van der Waals surface area contributed by atoms with Crippen molar-refractivity contribution in [2.45, 2.75) is 19.5 Å². The molecule has 0 aliphatic carbocycles. The predicted molar refractivity (Wildman–Crippen MR) is 107 cm³/mol. The van der Waals surface area contributed by atoms with Crippen molar-refractivity contribution < 1.29 is 18.3 Å². The molecule has 0 saturated carbocycles. The monoisotopic (exact) mass is 415 g/mol. The third-order valence-electron chi connectivity index (χ3n) is 4.85. The molecule has 5 nitrogen and oxygen atoms in total. The first kappa shape index (κ1) is 19.5. The molecule has 3 aromatic rings. The van der Waals surface area contributed by atoms with Crippen molar-refractivity contribution in [1.82, 2.24) is 9.88 Å². The minimum absolute atomic E-state index is 0.315. The van der Waals surface area contributed by atoms with Crippen molar-refractivity contribution >= 4 is 22.4 Å². The van der Waals surface area contributed by atoms with Gasteiger partial charge in [-0.05, 0) is 41.8 Å². The van der Waals surface area contributed by atoms with Crippen LogP contribution in [0.2, 0.25) is 0 Å². The fourth-order valence-corrected chi connectivity index (χ4v) is 4.09. The fourth-order valence-electron chi connectivity index (χ4n) is 3.39. The Labute approximate surface area is 171 Å². The van der Waals surface area contributed by atoms with Crippen LogP contribution in [0.4, 0.5) is 13.9 Å². The molecule has 8 heteroatoms. The quantitative estimate of drug-likeness (QED) is 0.677. The van der Waals surface area contributed by atoms with Crippen LogP contribution in [0.3, 0.4) is 0 Å². The SMILES string of the molecule is COc1ccc2c(c1)CCN(Cc1csc(NC(=O)c3c(F)cccc3F)n1)C2. The molecule has 1 aliphatic heterocycles. The lowest BCUT2D eigenvalue weighted by molar-refractivity contribution is 0.101. The van der Waals surface area contributed by atoms with E-state index in [1.165, 1.54) is 28.5 Å². The number of rotatable bonds is 5. The lowest BCUT2D eigenvalue weighted by Crippen LogP contribution is -2.30. The number of anilines is 1. The van der Waals surface area contributed by atoms with Crippen molar-refractivity contribution in [3.05, 3.63) is 75.8 Å². The Kier molecular flexibility index (Phi) is 5.55. The molecule has 0 unspecified atom stereocenters. The molecule has 2 aromatic carbocycles. The number of hydrogen-bond donors (Lipinski definition) is 1. The van der Waals surface area contributed by atoms with Crippen LogP contribution in [0.1, 0.15) is 27.2 Å². The lowest BCUT2D eigenvalue weighted by atomic mass is 9.99. The van der Waals surface area contributed by atoms with Crippen LogP contribution >= 0.6 is 11.3 Å². The van der Waals surface area contributed by atoms with Gasteiger partial charge in [0.05, 0.1) is 12.8 Å². The topological polar surface area (TPSA) is 54.5 Å². The third-order valence-corrected chi connectivity index (χ3v) is 5.66. The van der Waals surface area contributed by atoms with Gasteiger partial charge in [-0.25, -0.2) is 13.8 Å². The summed E-state index contributed by atoms with van der Waals surface area (Å²) in [4.78, 5) is 18.9. The predicted octanol–water partition coefficient (Wildman–Crippen LogP) is 4.24. The summed E-state index contributed by atoms with van der Waals surface area (Å²) in [5.74, 6) is -1.78. The van der Waals surface area contributed by atoms with Crippen LogP contribution in [0.15, 0.2) is 41.8 Å². The number of fused-ring (bicyclic) bond motifs is 1.